The van der Waals surface area contributed by atoms with Gasteiger partial charge >= 0.3 is 0 Å². The molecule has 1 saturated carbocycles. The lowest BCUT2D eigenvalue weighted by Crippen LogP contribution is -2.27. The van der Waals surface area contributed by atoms with Gasteiger partial charge in [0.2, 0.25) is 5.95 Å². The molecule has 0 saturated heterocycles. The number of rotatable bonds is 4. The zero-order chi connectivity index (χ0) is 13.2. The first kappa shape index (κ1) is 12.2. The Morgan fingerprint density at radius 2 is 2.37 bits per heavy atom. The molecule has 7 heteroatoms. The Bertz CT molecular complexity index is 620. The summed E-state index contributed by atoms with van der Waals surface area (Å²) in [4.78, 5) is 18.8. The SMILES string of the molecule is O=c1[nH]c(NC2CCCC2CCO)nc2[nH]ncc12. The number of aliphatic hydroxyl groups excluding tert-OH is 1. The van der Waals surface area contributed by atoms with Crippen molar-refractivity contribution in [3.05, 3.63) is 16.6 Å². The first-order chi connectivity index (χ1) is 9.28. The van der Waals surface area contributed by atoms with Crippen molar-refractivity contribution >= 4 is 17.0 Å². The normalized spacial score (nSPS) is 23.0. The molecule has 0 aliphatic heterocycles. The molecule has 4 N–H and O–H groups in total. The van der Waals surface area contributed by atoms with Gasteiger partial charge in [0.15, 0.2) is 5.65 Å². The van der Waals surface area contributed by atoms with Crippen LogP contribution in [0.5, 0.6) is 0 Å². The first-order valence-electron chi connectivity index (χ1n) is 6.58. The highest BCUT2D eigenvalue weighted by Gasteiger charge is 2.27. The van der Waals surface area contributed by atoms with E-state index >= 15 is 0 Å². The van der Waals surface area contributed by atoms with E-state index in [1.807, 2.05) is 0 Å². The number of hydrogen-bond acceptors (Lipinski definition) is 5. The number of nitrogens with one attached hydrogen (secondary N) is 3. The van der Waals surface area contributed by atoms with Crippen LogP contribution in [-0.4, -0.2) is 37.9 Å². The van der Waals surface area contributed by atoms with Crippen molar-refractivity contribution in [2.75, 3.05) is 11.9 Å². The molecule has 2 atom stereocenters. The Balaban J connectivity index is 1.82. The topological polar surface area (TPSA) is 107 Å². The lowest BCUT2D eigenvalue weighted by atomic mass is 10.0. The smallest absolute Gasteiger partial charge is 0.263 e. The van der Waals surface area contributed by atoms with Gasteiger partial charge in [-0.15, -0.1) is 0 Å². The van der Waals surface area contributed by atoms with Gasteiger partial charge in [0.05, 0.1) is 6.20 Å². The van der Waals surface area contributed by atoms with E-state index < -0.39 is 0 Å². The molecule has 2 aromatic rings. The molecular weight excluding hydrogens is 246 g/mol. The molecule has 7 nitrogen and oxygen atoms in total. The minimum atomic E-state index is -0.196. The Hall–Kier alpha value is -1.89. The minimum Gasteiger partial charge on any atom is -0.396 e. The van der Waals surface area contributed by atoms with Crippen LogP contribution < -0.4 is 10.9 Å². The number of nitrogens with zero attached hydrogens (tertiary/aromatic N) is 2. The summed E-state index contributed by atoms with van der Waals surface area (Å²) in [7, 11) is 0. The first-order valence-corrected chi connectivity index (χ1v) is 6.58. The molecule has 2 aromatic heterocycles. The highest BCUT2D eigenvalue weighted by Crippen LogP contribution is 2.29. The molecule has 0 amide bonds. The second-order valence-electron chi connectivity index (χ2n) is 5.00. The van der Waals surface area contributed by atoms with Crippen LogP contribution in [0.2, 0.25) is 0 Å². The Kier molecular flexibility index (Phi) is 3.20. The van der Waals surface area contributed by atoms with Crippen LogP contribution in [0.15, 0.2) is 11.0 Å². The van der Waals surface area contributed by atoms with Crippen molar-refractivity contribution in [2.24, 2.45) is 5.92 Å². The summed E-state index contributed by atoms with van der Waals surface area (Å²) in [5.41, 5.74) is 0.293. The second kappa shape index (κ2) is 5.00. The summed E-state index contributed by atoms with van der Waals surface area (Å²) >= 11 is 0. The van der Waals surface area contributed by atoms with E-state index in [4.69, 9.17) is 5.11 Å². The van der Waals surface area contributed by atoms with Crippen molar-refractivity contribution in [1.82, 2.24) is 20.2 Å². The quantitative estimate of drug-likeness (QED) is 0.646. The fourth-order valence-electron chi connectivity index (χ4n) is 2.83. The Labute approximate surface area is 109 Å². The van der Waals surface area contributed by atoms with Gasteiger partial charge in [-0.25, -0.2) is 0 Å². The van der Waals surface area contributed by atoms with Crippen molar-refractivity contribution in [1.29, 1.82) is 0 Å². The average molecular weight is 263 g/mol. The molecule has 1 aliphatic carbocycles. The van der Waals surface area contributed by atoms with Crippen molar-refractivity contribution in [2.45, 2.75) is 31.7 Å². The standard InChI is InChI=1S/C12H17N5O2/c18-5-4-7-2-1-3-9(7)14-12-15-10-8(6-13-17-10)11(19)16-12/h6-7,9,18H,1-5H2,(H3,13,14,15,16,17,19). The Morgan fingerprint density at radius 3 is 3.21 bits per heavy atom. The van der Waals surface area contributed by atoms with Crippen LogP contribution in [0.3, 0.4) is 0 Å². The van der Waals surface area contributed by atoms with E-state index in [9.17, 15) is 4.79 Å². The summed E-state index contributed by atoms with van der Waals surface area (Å²) in [5.74, 6) is 0.907. The maximum Gasteiger partial charge on any atom is 0.263 e. The van der Waals surface area contributed by atoms with Gasteiger partial charge < -0.3 is 10.4 Å². The van der Waals surface area contributed by atoms with Gasteiger partial charge in [-0.2, -0.15) is 10.1 Å². The molecule has 0 aromatic carbocycles. The fraction of sp³-hybridized carbons (Fsp3) is 0.583. The summed E-state index contributed by atoms with van der Waals surface area (Å²) < 4.78 is 0. The van der Waals surface area contributed by atoms with E-state index in [1.165, 1.54) is 6.20 Å². The minimum absolute atomic E-state index is 0.196. The summed E-state index contributed by atoms with van der Waals surface area (Å²) in [6, 6.07) is 0.260. The maximum atomic E-state index is 11.8. The van der Waals surface area contributed by atoms with Crippen molar-refractivity contribution in [3.8, 4) is 0 Å². The molecular formula is C12H17N5O2. The molecule has 2 heterocycles. The molecule has 2 unspecified atom stereocenters. The van der Waals surface area contributed by atoms with Gasteiger partial charge in [-0.05, 0) is 25.2 Å². The van der Waals surface area contributed by atoms with E-state index in [1.54, 1.807) is 0 Å². The van der Waals surface area contributed by atoms with Gasteiger partial charge in [0.1, 0.15) is 5.39 Å². The van der Waals surface area contributed by atoms with Crippen LogP contribution in [0.1, 0.15) is 25.7 Å². The van der Waals surface area contributed by atoms with Gasteiger partial charge in [0, 0.05) is 12.6 Å². The van der Waals surface area contributed by atoms with E-state index in [-0.39, 0.29) is 18.2 Å². The van der Waals surface area contributed by atoms with Crippen LogP contribution in [-0.2, 0) is 0 Å². The van der Waals surface area contributed by atoms with Gasteiger partial charge in [-0.1, -0.05) is 6.42 Å². The van der Waals surface area contributed by atoms with E-state index in [2.05, 4.69) is 25.5 Å². The predicted octanol–water partition coefficient (Wildman–Crippen LogP) is 0.609. The van der Waals surface area contributed by atoms with Crippen LogP contribution in [0.4, 0.5) is 5.95 Å². The lowest BCUT2D eigenvalue weighted by molar-refractivity contribution is 0.254. The average Bonchev–Trinajstić information content (AvgIpc) is 3.00. The number of aromatic nitrogens is 4. The molecule has 1 aliphatic rings. The van der Waals surface area contributed by atoms with E-state index in [0.29, 0.717) is 22.9 Å². The number of H-pyrrole nitrogens is 2. The predicted molar refractivity (Wildman–Crippen MR) is 71.0 cm³/mol. The molecule has 102 valence electrons. The third-order valence-electron chi connectivity index (χ3n) is 3.80. The summed E-state index contributed by atoms with van der Waals surface area (Å²) in [5, 5.41) is 19.3. The summed E-state index contributed by atoms with van der Waals surface area (Å²) in [6.45, 7) is 0.201. The maximum absolute atomic E-state index is 11.8. The number of hydrogen-bond donors (Lipinski definition) is 4. The largest absolute Gasteiger partial charge is 0.396 e. The zero-order valence-corrected chi connectivity index (χ0v) is 10.5. The summed E-state index contributed by atoms with van der Waals surface area (Å²) in [6.07, 6.45) is 5.53. The fourth-order valence-corrected chi connectivity index (χ4v) is 2.83. The monoisotopic (exact) mass is 263 g/mol. The third kappa shape index (κ3) is 2.33. The number of aliphatic hydroxyl groups is 1. The molecule has 3 rings (SSSR count). The second-order valence-corrected chi connectivity index (χ2v) is 5.00. The lowest BCUT2D eigenvalue weighted by Gasteiger charge is -2.20. The third-order valence-corrected chi connectivity index (χ3v) is 3.80. The molecule has 1 fully saturated rings. The number of anilines is 1. The van der Waals surface area contributed by atoms with Crippen LogP contribution >= 0.6 is 0 Å². The highest BCUT2D eigenvalue weighted by molar-refractivity contribution is 5.73. The Morgan fingerprint density at radius 1 is 1.47 bits per heavy atom. The van der Waals surface area contributed by atoms with Gasteiger partial charge in [0.25, 0.3) is 5.56 Å². The molecule has 19 heavy (non-hydrogen) atoms. The van der Waals surface area contributed by atoms with Crippen molar-refractivity contribution < 1.29 is 5.11 Å². The van der Waals surface area contributed by atoms with Crippen LogP contribution in [0.25, 0.3) is 11.0 Å². The zero-order valence-electron chi connectivity index (χ0n) is 10.5. The molecule has 0 bridgehead atoms. The highest BCUT2D eigenvalue weighted by atomic mass is 16.3. The number of fused-ring (bicyclic) bond motifs is 1. The number of aromatic amines is 2. The van der Waals surface area contributed by atoms with Crippen molar-refractivity contribution in [3.63, 3.8) is 0 Å². The van der Waals surface area contributed by atoms with Gasteiger partial charge in [-0.3, -0.25) is 14.9 Å². The van der Waals surface area contributed by atoms with Crippen LogP contribution in [0, 0.1) is 5.92 Å². The molecule has 0 radical (unpaired) electrons. The van der Waals surface area contributed by atoms with E-state index in [0.717, 1.165) is 25.7 Å². The molecule has 0 spiro atoms.